The number of nitrogens with zero attached hydrogens (tertiary/aromatic N) is 5. The van der Waals surface area contributed by atoms with Crippen LogP contribution in [-0.4, -0.2) is 36.8 Å². The lowest BCUT2D eigenvalue weighted by Gasteiger charge is -2.09. The Labute approximate surface area is 150 Å². The molecule has 2 N–H and O–H groups in total. The van der Waals surface area contributed by atoms with Crippen LogP contribution in [0.1, 0.15) is 25.5 Å². The molecule has 3 heterocycles. The van der Waals surface area contributed by atoms with Crippen molar-refractivity contribution in [2.24, 2.45) is 5.73 Å². The molecule has 1 aromatic carbocycles. The number of nitrogens with two attached hydrogens (primary N) is 1. The summed E-state index contributed by atoms with van der Waals surface area (Å²) in [7, 11) is 0. The van der Waals surface area contributed by atoms with Crippen LogP contribution in [-0.2, 0) is 17.8 Å². The van der Waals surface area contributed by atoms with Crippen LogP contribution in [0.4, 0.5) is 0 Å². The quantitative estimate of drug-likeness (QED) is 0.772. The van der Waals surface area contributed by atoms with E-state index < -0.39 is 0 Å². The molecule has 0 atom stereocenters. The first-order valence-electron chi connectivity index (χ1n) is 8.54. The number of ether oxygens (including phenoxy) is 1. The number of hydrogen-bond donors (Lipinski definition) is 1. The Bertz CT molecular complexity index is 972. The molecule has 0 bridgehead atoms. The highest BCUT2D eigenvalue weighted by atomic mass is 16.5. The first-order chi connectivity index (χ1) is 12.5. The summed E-state index contributed by atoms with van der Waals surface area (Å²) in [6.45, 7) is 5.32. The second-order valence-corrected chi connectivity index (χ2v) is 6.59. The van der Waals surface area contributed by atoms with Gasteiger partial charge in [0.25, 0.3) is 0 Å². The van der Waals surface area contributed by atoms with Crippen molar-refractivity contribution in [3.63, 3.8) is 0 Å². The summed E-state index contributed by atoms with van der Waals surface area (Å²) in [5, 5.41) is 4.29. The number of amides is 1. The molecular weight excluding hydrogens is 332 g/mol. The van der Waals surface area contributed by atoms with Gasteiger partial charge < -0.3 is 15.0 Å². The minimum absolute atomic E-state index is 0.188. The highest BCUT2D eigenvalue weighted by Gasteiger charge is 2.22. The topological polar surface area (TPSA) is 101 Å². The van der Waals surface area contributed by atoms with Crippen molar-refractivity contribution in [2.75, 3.05) is 6.61 Å². The summed E-state index contributed by atoms with van der Waals surface area (Å²) in [5.74, 6) is 1.91. The summed E-state index contributed by atoms with van der Waals surface area (Å²) in [6.07, 6.45) is 3.72. The summed E-state index contributed by atoms with van der Waals surface area (Å²) < 4.78 is 9.78. The Kier molecular flexibility index (Phi) is 3.95. The lowest BCUT2D eigenvalue weighted by molar-refractivity contribution is -0.117. The number of rotatable bonds is 4. The molecule has 0 unspecified atom stereocenters. The Morgan fingerprint density at radius 2 is 2.19 bits per heavy atom. The minimum Gasteiger partial charge on any atom is -0.491 e. The fraction of sp³-hybridized carbons (Fsp3) is 0.333. The van der Waals surface area contributed by atoms with E-state index in [1.165, 1.54) is 0 Å². The van der Waals surface area contributed by atoms with E-state index >= 15 is 0 Å². The van der Waals surface area contributed by atoms with Crippen LogP contribution in [0.15, 0.2) is 30.7 Å². The third-order valence-electron chi connectivity index (χ3n) is 4.32. The number of benzene rings is 1. The molecule has 3 aromatic rings. The van der Waals surface area contributed by atoms with Gasteiger partial charge in [0.1, 0.15) is 30.2 Å². The number of primary amides is 1. The summed E-state index contributed by atoms with van der Waals surface area (Å²) >= 11 is 0. The summed E-state index contributed by atoms with van der Waals surface area (Å²) in [4.78, 5) is 20.3. The van der Waals surface area contributed by atoms with Gasteiger partial charge in [-0.05, 0) is 31.5 Å². The molecule has 0 aliphatic carbocycles. The largest absolute Gasteiger partial charge is 0.491 e. The Balaban J connectivity index is 1.78. The van der Waals surface area contributed by atoms with Gasteiger partial charge in [-0.2, -0.15) is 5.10 Å². The van der Waals surface area contributed by atoms with Gasteiger partial charge in [0.05, 0.1) is 18.5 Å². The van der Waals surface area contributed by atoms with E-state index in [0.717, 1.165) is 28.5 Å². The molecule has 134 valence electrons. The van der Waals surface area contributed by atoms with Crippen LogP contribution < -0.4 is 10.5 Å². The maximum Gasteiger partial charge on any atom is 0.221 e. The van der Waals surface area contributed by atoms with Crippen molar-refractivity contribution in [3.05, 3.63) is 36.3 Å². The van der Waals surface area contributed by atoms with Crippen LogP contribution >= 0.6 is 0 Å². The molecule has 0 saturated heterocycles. The smallest absolute Gasteiger partial charge is 0.221 e. The predicted molar refractivity (Wildman–Crippen MR) is 95.5 cm³/mol. The fourth-order valence-corrected chi connectivity index (χ4v) is 3.16. The zero-order valence-electron chi connectivity index (χ0n) is 14.7. The van der Waals surface area contributed by atoms with Crippen molar-refractivity contribution < 1.29 is 9.53 Å². The van der Waals surface area contributed by atoms with Crippen molar-refractivity contribution >= 4 is 5.91 Å². The van der Waals surface area contributed by atoms with Gasteiger partial charge in [0.2, 0.25) is 5.91 Å². The number of imidazole rings is 1. The Morgan fingerprint density at radius 1 is 1.35 bits per heavy atom. The molecule has 26 heavy (non-hydrogen) atoms. The molecule has 4 rings (SSSR count). The lowest BCUT2D eigenvalue weighted by Crippen LogP contribution is -2.13. The van der Waals surface area contributed by atoms with Gasteiger partial charge in [0, 0.05) is 12.2 Å². The van der Waals surface area contributed by atoms with Gasteiger partial charge in [-0.1, -0.05) is 6.07 Å². The normalized spacial score (nSPS) is 13.0. The monoisotopic (exact) mass is 352 g/mol. The van der Waals surface area contributed by atoms with E-state index in [1.807, 2.05) is 29.1 Å². The zero-order chi connectivity index (χ0) is 18.3. The molecule has 0 radical (unpaired) electrons. The van der Waals surface area contributed by atoms with Crippen LogP contribution in [0.5, 0.6) is 5.75 Å². The minimum atomic E-state index is -0.365. The zero-order valence-corrected chi connectivity index (χ0v) is 14.7. The van der Waals surface area contributed by atoms with E-state index in [1.54, 1.807) is 6.33 Å². The number of hydrogen-bond acceptors (Lipinski definition) is 5. The second kappa shape index (κ2) is 6.29. The van der Waals surface area contributed by atoms with Gasteiger partial charge in [-0.3, -0.25) is 4.79 Å². The third-order valence-corrected chi connectivity index (χ3v) is 4.32. The van der Waals surface area contributed by atoms with E-state index in [9.17, 15) is 4.79 Å². The van der Waals surface area contributed by atoms with Gasteiger partial charge in [-0.25, -0.2) is 14.6 Å². The summed E-state index contributed by atoms with van der Waals surface area (Å²) in [6, 6.07) is 5.87. The van der Waals surface area contributed by atoms with Gasteiger partial charge >= 0.3 is 0 Å². The van der Waals surface area contributed by atoms with Crippen molar-refractivity contribution in [3.8, 4) is 28.7 Å². The van der Waals surface area contributed by atoms with Gasteiger partial charge in [-0.15, -0.1) is 0 Å². The molecule has 2 aromatic heterocycles. The third kappa shape index (κ3) is 2.83. The molecule has 1 aliphatic heterocycles. The average molecular weight is 352 g/mol. The van der Waals surface area contributed by atoms with Crippen LogP contribution in [0.2, 0.25) is 0 Å². The highest BCUT2D eigenvalue weighted by Crippen LogP contribution is 2.34. The van der Waals surface area contributed by atoms with Crippen LogP contribution in [0.25, 0.3) is 22.9 Å². The average Bonchev–Trinajstić information content (AvgIpc) is 3.18. The van der Waals surface area contributed by atoms with Crippen molar-refractivity contribution in [1.82, 2.24) is 24.3 Å². The second-order valence-electron chi connectivity index (χ2n) is 6.59. The first-order valence-corrected chi connectivity index (χ1v) is 8.54. The van der Waals surface area contributed by atoms with E-state index in [4.69, 9.17) is 15.5 Å². The van der Waals surface area contributed by atoms with E-state index in [0.29, 0.717) is 18.9 Å². The molecular formula is C18H20N6O2. The Morgan fingerprint density at radius 3 is 2.96 bits per heavy atom. The predicted octanol–water partition coefficient (Wildman–Crippen LogP) is 1.81. The molecule has 1 aliphatic rings. The SMILES string of the molecule is CC(C)n1ncnc1-c1cn2c(n1)-c1ccc(CC(N)=O)cc1OCC2. The standard InChI is InChI=1S/C18H20N6O2/c1-11(2)24-18(20-10-21-24)14-9-23-5-6-26-15-7-12(8-16(19)25)3-4-13(15)17(23)22-14/h3-4,7,9-11H,5-6,8H2,1-2H3,(H2,19,25). The van der Waals surface area contributed by atoms with Crippen molar-refractivity contribution in [2.45, 2.75) is 32.9 Å². The maximum absolute atomic E-state index is 11.2. The number of carbonyl (C=O) groups is 1. The highest BCUT2D eigenvalue weighted by molar-refractivity contribution is 5.77. The molecule has 0 saturated carbocycles. The molecule has 8 nitrogen and oxygen atoms in total. The van der Waals surface area contributed by atoms with Crippen LogP contribution in [0, 0.1) is 0 Å². The molecule has 0 fully saturated rings. The van der Waals surface area contributed by atoms with E-state index in [2.05, 4.69) is 28.5 Å². The Hall–Kier alpha value is -3.16. The molecule has 1 amide bonds. The molecule has 8 heteroatoms. The molecule has 0 spiro atoms. The number of aromatic nitrogens is 5. The van der Waals surface area contributed by atoms with Crippen molar-refractivity contribution in [1.29, 1.82) is 0 Å². The fourth-order valence-electron chi connectivity index (χ4n) is 3.16. The van der Waals surface area contributed by atoms with Gasteiger partial charge in [0.15, 0.2) is 5.82 Å². The number of carbonyl (C=O) groups excluding carboxylic acids is 1. The first kappa shape index (κ1) is 16.3. The number of fused-ring (bicyclic) bond motifs is 3. The van der Waals surface area contributed by atoms with E-state index in [-0.39, 0.29) is 18.4 Å². The maximum atomic E-state index is 11.2. The summed E-state index contributed by atoms with van der Waals surface area (Å²) in [5.41, 5.74) is 7.79. The lowest BCUT2D eigenvalue weighted by atomic mass is 10.1. The van der Waals surface area contributed by atoms with Crippen LogP contribution in [0.3, 0.4) is 0 Å².